The number of ether oxygens (including phenoxy) is 2. The fraction of sp³-hybridized carbons (Fsp3) is 1.00. The van der Waals surface area contributed by atoms with Crippen molar-refractivity contribution >= 4 is 9.84 Å². The first-order valence-corrected chi connectivity index (χ1v) is 7.46. The largest absolute Gasteiger partial charge is 0.394 e. The Morgan fingerprint density at radius 3 is 2.56 bits per heavy atom. The zero-order valence-corrected chi connectivity index (χ0v) is 10.2. The van der Waals surface area contributed by atoms with Crippen LogP contribution in [0.1, 0.15) is 19.8 Å². The van der Waals surface area contributed by atoms with Crippen LogP contribution in [0.4, 0.5) is 0 Å². The average Bonchev–Trinajstić information content (AvgIpc) is 3.02. The van der Waals surface area contributed by atoms with Gasteiger partial charge in [0, 0.05) is 11.7 Å². The molecule has 94 valence electrons. The molecule has 1 aliphatic heterocycles. The molecule has 0 amide bonds. The van der Waals surface area contributed by atoms with Crippen molar-refractivity contribution in [1.82, 2.24) is 0 Å². The van der Waals surface area contributed by atoms with Gasteiger partial charge in [-0.25, -0.2) is 8.42 Å². The minimum absolute atomic E-state index is 0.0856. The van der Waals surface area contributed by atoms with Crippen LogP contribution >= 0.6 is 0 Å². The molecule has 2 fully saturated rings. The summed E-state index contributed by atoms with van der Waals surface area (Å²) in [5.74, 6) is -0.803. The van der Waals surface area contributed by atoms with E-state index in [0.29, 0.717) is 0 Å². The van der Waals surface area contributed by atoms with Gasteiger partial charge in [0.2, 0.25) is 0 Å². The SMILES string of the molecule is CCS(=O)(=O)C[C@@]1(C2CC2)OC[C@@H](CO)O1. The maximum atomic E-state index is 11.7. The van der Waals surface area contributed by atoms with Crippen LogP contribution in [0.25, 0.3) is 0 Å². The quantitative estimate of drug-likeness (QED) is 0.739. The smallest absolute Gasteiger partial charge is 0.185 e. The van der Waals surface area contributed by atoms with Gasteiger partial charge in [-0.1, -0.05) is 6.92 Å². The van der Waals surface area contributed by atoms with Crippen molar-refractivity contribution in [2.45, 2.75) is 31.7 Å². The van der Waals surface area contributed by atoms with Crippen molar-refractivity contribution < 1.29 is 23.0 Å². The highest BCUT2D eigenvalue weighted by Gasteiger charge is 2.54. The second-order valence-corrected chi connectivity index (χ2v) is 6.85. The minimum Gasteiger partial charge on any atom is -0.394 e. The first-order chi connectivity index (χ1) is 7.51. The molecule has 1 N–H and O–H groups in total. The van der Waals surface area contributed by atoms with Crippen LogP contribution in [0.15, 0.2) is 0 Å². The molecule has 0 unspecified atom stereocenters. The van der Waals surface area contributed by atoms with Crippen molar-refractivity contribution in [2.24, 2.45) is 5.92 Å². The summed E-state index contributed by atoms with van der Waals surface area (Å²) in [5, 5.41) is 9.00. The highest BCUT2D eigenvalue weighted by atomic mass is 32.2. The zero-order chi connectivity index (χ0) is 11.8. The van der Waals surface area contributed by atoms with E-state index < -0.39 is 15.6 Å². The molecule has 2 rings (SSSR count). The third kappa shape index (κ3) is 2.40. The number of hydrogen-bond donors (Lipinski definition) is 1. The van der Waals surface area contributed by atoms with Crippen molar-refractivity contribution in [1.29, 1.82) is 0 Å². The lowest BCUT2D eigenvalue weighted by Crippen LogP contribution is -2.42. The van der Waals surface area contributed by atoms with Gasteiger partial charge in [-0.2, -0.15) is 0 Å². The molecule has 1 aliphatic carbocycles. The standard InChI is InChI=1S/C10H18O5S/c1-2-16(12,13)7-10(8-3-4-8)14-6-9(5-11)15-10/h8-9,11H,2-7H2,1H3/t9-,10-/m1/s1. The summed E-state index contributed by atoms with van der Waals surface area (Å²) in [6.07, 6.45) is 1.50. The number of aliphatic hydroxyl groups excluding tert-OH is 1. The molecule has 1 heterocycles. The third-order valence-corrected chi connectivity index (χ3v) is 4.87. The molecule has 0 aromatic carbocycles. The molecule has 6 heteroatoms. The zero-order valence-electron chi connectivity index (χ0n) is 9.39. The van der Waals surface area contributed by atoms with Crippen LogP contribution in [0.2, 0.25) is 0 Å². The monoisotopic (exact) mass is 250 g/mol. The van der Waals surface area contributed by atoms with Crippen molar-refractivity contribution in [3.8, 4) is 0 Å². The molecule has 0 spiro atoms. The van der Waals surface area contributed by atoms with E-state index >= 15 is 0 Å². The summed E-state index contributed by atoms with van der Waals surface area (Å²) in [6.45, 7) is 1.78. The Bertz CT molecular complexity index is 348. The van der Waals surface area contributed by atoms with Crippen LogP contribution in [0, 0.1) is 5.92 Å². The number of sulfone groups is 1. The summed E-state index contributed by atoms with van der Waals surface area (Å²) in [7, 11) is -3.13. The van der Waals surface area contributed by atoms with Crippen molar-refractivity contribution in [3.05, 3.63) is 0 Å². The lowest BCUT2D eigenvalue weighted by atomic mass is 10.2. The fourth-order valence-corrected chi connectivity index (χ4v) is 3.22. The van der Waals surface area contributed by atoms with E-state index in [1.54, 1.807) is 6.92 Å². The number of aliphatic hydroxyl groups is 1. The summed E-state index contributed by atoms with van der Waals surface area (Å²) >= 11 is 0. The number of hydrogen-bond acceptors (Lipinski definition) is 5. The van der Waals surface area contributed by atoms with E-state index in [2.05, 4.69) is 0 Å². The Hall–Kier alpha value is -0.170. The van der Waals surface area contributed by atoms with Crippen LogP contribution in [0.3, 0.4) is 0 Å². The molecular weight excluding hydrogens is 232 g/mol. The Morgan fingerprint density at radius 1 is 1.44 bits per heavy atom. The van der Waals surface area contributed by atoms with Gasteiger partial charge in [0.15, 0.2) is 15.6 Å². The summed E-state index contributed by atoms with van der Waals surface area (Å²) < 4.78 is 34.5. The predicted octanol–water partition coefficient (Wildman–Crippen LogP) is -0.0649. The fourth-order valence-electron chi connectivity index (χ4n) is 2.01. The topological polar surface area (TPSA) is 72.8 Å². The summed E-state index contributed by atoms with van der Waals surface area (Å²) in [5.41, 5.74) is 0. The molecule has 0 radical (unpaired) electrons. The van der Waals surface area contributed by atoms with E-state index in [4.69, 9.17) is 14.6 Å². The van der Waals surface area contributed by atoms with Crippen molar-refractivity contribution in [2.75, 3.05) is 24.7 Å². The molecule has 1 saturated carbocycles. The maximum Gasteiger partial charge on any atom is 0.185 e. The lowest BCUT2D eigenvalue weighted by molar-refractivity contribution is -0.169. The van der Waals surface area contributed by atoms with E-state index in [9.17, 15) is 8.42 Å². The summed E-state index contributed by atoms with van der Waals surface area (Å²) in [4.78, 5) is 0. The summed E-state index contributed by atoms with van der Waals surface area (Å²) in [6, 6.07) is 0. The van der Waals surface area contributed by atoms with Crippen molar-refractivity contribution in [3.63, 3.8) is 0 Å². The maximum absolute atomic E-state index is 11.7. The van der Waals surface area contributed by atoms with E-state index in [0.717, 1.165) is 12.8 Å². The molecule has 2 aliphatic rings. The van der Waals surface area contributed by atoms with Gasteiger partial charge in [-0.15, -0.1) is 0 Å². The Balaban J connectivity index is 2.12. The second-order valence-electron chi connectivity index (χ2n) is 4.50. The van der Waals surface area contributed by atoms with Gasteiger partial charge < -0.3 is 14.6 Å². The normalized spacial score (nSPS) is 35.5. The van der Waals surface area contributed by atoms with E-state index in [1.165, 1.54) is 0 Å². The Labute approximate surface area is 95.7 Å². The lowest BCUT2D eigenvalue weighted by Gasteiger charge is -2.27. The first-order valence-electron chi connectivity index (χ1n) is 5.64. The molecule has 5 nitrogen and oxygen atoms in total. The van der Waals surface area contributed by atoms with Crippen LogP contribution in [-0.4, -0.2) is 50.1 Å². The highest BCUT2D eigenvalue weighted by Crippen LogP contribution is 2.46. The minimum atomic E-state index is -3.13. The molecule has 2 atom stereocenters. The Kier molecular flexibility index (Phi) is 3.27. The third-order valence-electron chi connectivity index (χ3n) is 3.14. The predicted molar refractivity (Wildman–Crippen MR) is 57.7 cm³/mol. The van der Waals surface area contributed by atoms with E-state index in [-0.39, 0.29) is 36.7 Å². The van der Waals surface area contributed by atoms with Crippen LogP contribution < -0.4 is 0 Å². The number of rotatable bonds is 5. The molecular formula is C10H18O5S. The molecule has 0 aromatic heterocycles. The Morgan fingerprint density at radius 2 is 2.12 bits per heavy atom. The average molecular weight is 250 g/mol. The van der Waals surface area contributed by atoms with Crippen LogP contribution in [0.5, 0.6) is 0 Å². The van der Waals surface area contributed by atoms with Gasteiger partial charge in [-0.3, -0.25) is 0 Å². The van der Waals surface area contributed by atoms with Gasteiger partial charge in [0.25, 0.3) is 0 Å². The van der Waals surface area contributed by atoms with Gasteiger partial charge >= 0.3 is 0 Å². The molecule has 0 aromatic rings. The van der Waals surface area contributed by atoms with Crippen LogP contribution in [-0.2, 0) is 19.3 Å². The van der Waals surface area contributed by atoms with Gasteiger partial charge in [-0.05, 0) is 12.8 Å². The van der Waals surface area contributed by atoms with Gasteiger partial charge in [0.05, 0.1) is 13.2 Å². The molecule has 1 saturated heterocycles. The highest BCUT2D eigenvalue weighted by molar-refractivity contribution is 7.91. The first kappa shape index (κ1) is 12.3. The molecule has 16 heavy (non-hydrogen) atoms. The second kappa shape index (κ2) is 4.25. The van der Waals surface area contributed by atoms with Gasteiger partial charge in [0.1, 0.15) is 11.9 Å². The molecule has 0 bridgehead atoms. The van der Waals surface area contributed by atoms with E-state index in [1.807, 2.05) is 0 Å².